The van der Waals surface area contributed by atoms with Crippen LogP contribution in [0.2, 0.25) is 0 Å². The van der Waals surface area contributed by atoms with Crippen molar-refractivity contribution in [2.24, 2.45) is 0 Å². The number of thiazole rings is 1. The largest absolute Gasteiger partial charge is 0.301 e. The molecule has 0 aliphatic carbocycles. The van der Waals surface area contributed by atoms with E-state index in [4.69, 9.17) is 0 Å². The summed E-state index contributed by atoms with van der Waals surface area (Å²) in [5, 5.41) is 12.7. The minimum Gasteiger partial charge on any atom is -0.301 e. The normalized spacial score (nSPS) is 12.0. The van der Waals surface area contributed by atoms with Crippen molar-refractivity contribution in [3.63, 3.8) is 0 Å². The number of nitrogens with one attached hydrogen (secondary N) is 1. The summed E-state index contributed by atoms with van der Waals surface area (Å²) in [7, 11) is 0. The summed E-state index contributed by atoms with van der Waals surface area (Å²) in [5.74, 6) is 0.727. The van der Waals surface area contributed by atoms with Crippen molar-refractivity contribution >= 4 is 34.1 Å². The van der Waals surface area contributed by atoms with E-state index in [1.807, 2.05) is 73.9 Å². The predicted molar refractivity (Wildman–Crippen MR) is 126 cm³/mol. The molecule has 1 N–H and O–H groups in total. The maximum absolute atomic E-state index is 12.8. The van der Waals surface area contributed by atoms with Crippen LogP contribution in [0.3, 0.4) is 0 Å². The van der Waals surface area contributed by atoms with Gasteiger partial charge in [0, 0.05) is 17.0 Å². The van der Waals surface area contributed by atoms with E-state index in [2.05, 4.69) is 32.6 Å². The van der Waals surface area contributed by atoms with E-state index in [9.17, 15) is 4.79 Å². The highest BCUT2D eigenvalue weighted by Crippen LogP contribution is 2.28. The Bertz CT molecular complexity index is 1150. The molecule has 2 aromatic heterocycles. The van der Waals surface area contributed by atoms with Crippen LogP contribution in [-0.4, -0.2) is 30.9 Å². The zero-order valence-corrected chi connectivity index (χ0v) is 19.2. The summed E-state index contributed by atoms with van der Waals surface area (Å²) in [6.45, 7) is 5.81. The number of nitrogens with zero attached hydrogens (tertiary/aromatic N) is 4. The molecule has 0 saturated carbocycles. The third-order valence-corrected chi connectivity index (χ3v) is 6.86. The second-order valence-corrected chi connectivity index (χ2v) is 9.65. The van der Waals surface area contributed by atoms with Gasteiger partial charge in [0.1, 0.15) is 5.82 Å². The van der Waals surface area contributed by atoms with E-state index in [-0.39, 0.29) is 11.2 Å². The highest BCUT2D eigenvalue weighted by molar-refractivity contribution is 8.00. The third-order valence-electron chi connectivity index (χ3n) is 4.83. The molecule has 0 aliphatic heterocycles. The molecule has 0 unspecified atom stereocenters. The number of anilines is 1. The first-order valence-corrected chi connectivity index (χ1v) is 11.7. The monoisotopic (exact) mass is 449 g/mol. The van der Waals surface area contributed by atoms with E-state index >= 15 is 0 Å². The zero-order chi connectivity index (χ0) is 21.8. The minimum absolute atomic E-state index is 0.106. The van der Waals surface area contributed by atoms with Crippen LogP contribution in [0.4, 0.5) is 5.13 Å². The Morgan fingerprint density at radius 1 is 1.06 bits per heavy atom. The van der Waals surface area contributed by atoms with Crippen molar-refractivity contribution in [3.8, 4) is 5.69 Å². The molecule has 31 heavy (non-hydrogen) atoms. The van der Waals surface area contributed by atoms with Gasteiger partial charge in [0.25, 0.3) is 0 Å². The fourth-order valence-corrected chi connectivity index (χ4v) is 4.75. The SMILES string of the molecule is Cc1nc(NC(=O)[C@@H](C)Sc2nnc(Cc3ccccc3)n2-c2ccccc2)sc1C. The van der Waals surface area contributed by atoms with Gasteiger partial charge in [0.2, 0.25) is 5.91 Å². The maximum atomic E-state index is 12.8. The third kappa shape index (κ3) is 5.03. The van der Waals surface area contributed by atoms with Crippen molar-refractivity contribution in [2.75, 3.05) is 5.32 Å². The summed E-state index contributed by atoms with van der Waals surface area (Å²) in [6, 6.07) is 20.2. The van der Waals surface area contributed by atoms with Crippen LogP contribution in [0.5, 0.6) is 0 Å². The quantitative estimate of drug-likeness (QED) is 0.400. The van der Waals surface area contributed by atoms with Crippen molar-refractivity contribution in [1.82, 2.24) is 19.7 Å². The van der Waals surface area contributed by atoms with E-state index in [1.165, 1.54) is 23.1 Å². The summed E-state index contributed by atoms with van der Waals surface area (Å²) in [5.41, 5.74) is 3.07. The van der Waals surface area contributed by atoms with Gasteiger partial charge in [-0.05, 0) is 38.5 Å². The topological polar surface area (TPSA) is 72.7 Å². The van der Waals surface area contributed by atoms with E-state index in [1.54, 1.807) is 0 Å². The molecule has 0 spiro atoms. The molecular formula is C23H23N5OS2. The number of carbonyl (C=O) groups excluding carboxylic acids is 1. The number of carbonyl (C=O) groups is 1. The Hall–Kier alpha value is -2.97. The van der Waals surface area contributed by atoms with Crippen LogP contribution in [0.15, 0.2) is 65.8 Å². The van der Waals surface area contributed by atoms with E-state index in [0.29, 0.717) is 16.7 Å². The lowest BCUT2D eigenvalue weighted by Crippen LogP contribution is -2.22. The van der Waals surface area contributed by atoms with Crippen LogP contribution in [0, 0.1) is 13.8 Å². The highest BCUT2D eigenvalue weighted by Gasteiger charge is 2.22. The summed E-state index contributed by atoms with van der Waals surface area (Å²) < 4.78 is 2.03. The van der Waals surface area contributed by atoms with Gasteiger partial charge in [-0.25, -0.2) is 4.98 Å². The molecule has 0 bridgehead atoms. The van der Waals surface area contributed by atoms with Gasteiger partial charge in [-0.15, -0.1) is 21.5 Å². The Labute approximate surface area is 189 Å². The lowest BCUT2D eigenvalue weighted by Gasteiger charge is -2.13. The number of para-hydroxylation sites is 1. The number of benzene rings is 2. The van der Waals surface area contributed by atoms with Crippen molar-refractivity contribution in [2.45, 2.75) is 37.6 Å². The van der Waals surface area contributed by atoms with Gasteiger partial charge in [-0.3, -0.25) is 9.36 Å². The van der Waals surface area contributed by atoms with Gasteiger partial charge < -0.3 is 5.32 Å². The Morgan fingerprint density at radius 2 is 1.74 bits per heavy atom. The first kappa shape index (κ1) is 21.3. The number of hydrogen-bond acceptors (Lipinski definition) is 6. The molecule has 0 radical (unpaired) electrons. The number of amides is 1. The van der Waals surface area contributed by atoms with E-state index < -0.39 is 0 Å². The molecule has 2 heterocycles. The van der Waals surface area contributed by atoms with Crippen LogP contribution in [0.25, 0.3) is 5.69 Å². The number of rotatable bonds is 7. The van der Waals surface area contributed by atoms with Crippen LogP contribution < -0.4 is 5.32 Å². The average Bonchev–Trinajstić information content (AvgIpc) is 3.31. The Balaban J connectivity index is 1.58. The van der Waals surface area contributed by atoms with Gasteiger partial charge in [-0.2, -0.15) is 0 Å². The molecule has 158 valence electrons. The molecule has 4 aromatic rings. The lowest BCUT2D eigenvalue weighted by atomic mass is 10.1. The smallest absolute Gasteiger partial charge is 0.239 e. The zero-order valence-electron chi connectivity index (χ0n) is 17.6. The number of hydrogen-bond donors (Lipinski definition) is 1. The predicted octanol–water partition coefficient (Wildman–Crippen LogP) is 5.05. The molecule has 2 aromatic carbocycles. The molecule has 8 heteroatoms. The standard InChI is InChI=1S/C23H23N5OS2/c1-15-16(2)30-22(24-15)25-21(29)17(3)31-23-27-26-20(14-18-10-6-4-7-11-18)28(23)19-12-8-5-9-13-19/h4-13,17H,14H2,1-3H3,(H,24,25,29)/t17-/m1/s1. The van der Waals surface area contributed by atoms with Crippen LogP contribution in [-0.2, 0) is 11.2 Å². The molecular weight excluding hydrogens is 426 g/mol. The lowest BCUT2D eigenvalue weighted by molar-refractivity contribution is -0.115. The van der Waals surface area contributed by atoms with Crippen LogP contribution >= 0.6 is 23.1 Å². The fourth-order valence-electron chi connectivity index (χ4n) is 3.05. The molecule has 4 rings (SSSR count). The van der Waals surface area contributed by atoms with Crippen molar-refractivity contribution in [3.05, 3.63) is 82.6 Å². The summed E-state index contributed by atoms with van der Waals surface area (Å²) in [4.78, 5) is 18.3. The Morgan fingerprint density at radius 3 is 2.39 bits per heavy atom. The molecule has 1 atom stereocenters. The summed E-state index contributed by atoms with van der Waals surface area (Å²) in [6.07, 6.45) is 0.654. The maximum Gasteiger partial charge on any atom is 0.239 e. The first-order chi connectivity index (χ1) is 15.0. The fraction of sp³-hybridized carbons (Fsp3) is 0.217. The summed E-state index contributed by atoms with van der Waals surface area (Å²) >= 11 is 2.88. The van der Waals surface area contributed by atoms with Gasteiger partial charge in [-0.1, -0.05) is 60.3 Å². The molecule has 0 saturated heterocycles. The second-order valence-electron chi connectivity index (χ2n) is 7.14. The number of aromatic nitrogens is 4. The van der Waals surface area contributed by atoms with E-state index in [0.717, 1.165) is 27.6 Å². The molecule has 1 amide bonds. The van der Waals surface area contributed by atoms with Crippen molar-refractivity contribution < 1.29 is 4.79 Å². The number of thioether (sulfide) groups is 1. The molecule has 0 aliphatic rings. The highest BCUT2D eigenvalue weighted by atomic mass is 32.2. The average molecular weight is 450 g/mol. The van der Waals surface area contributed by atoms with Crippen LogP contribution in [0.1, 0.15) is 28.9 Å². The first-order valence-electron chi connectivity index (χ1n) is 9.96. The van der Waals surface area contributed by atoms with Crippen molar-refractivity contribution in [1.29, 1.82) is 0 Å². The minimum atomic E-state index is -0.360. The van der Waals surface area contributed by atoms with Gasteiger partial charge in [0.05, 0.1) is 10.9 Å². The number of aryl methyl sites for hydroxylation is 2. The van der Waals surface area contributed by atoms with Gasteiger partial charge in [0.15, 0.2) is 10.3 Å². The van der Waals surface area contributed by atoms with Gasteiger partial charge >= 0.3 is 0 Å². The molecule has 0 fully saturated rings. The Kier molecular flexibility index (Phi) is 6.48. The molecule has 6 nitrogen and oxygen atoms in total. The second kappa shape index (κ2) is 9.45.